The lowest BCUT2D eigenvalue weighted by atomic mass is 9.96. The Morgan fingerprint density at radius 3 is 1.64 bits per heavy atom. The number of Topliss-reactive ketones (excluding diaryl/α,β-unsaturated/α-hetero) is 1. The summed E-state index contributed by atoms with van der Waals surface area (Å²) in [5.41, 5.74) is 18.2. The van der Waals surface area contributed by atoms with Gasteiger partial charge in [0.25, 0.3) is 0 Å². The molecule has 0 unspecified atom stereocenters. The number of aliphatic hydroxyl groups is 1. The van der Waals surface area contributed by atoms with Crippen LogP contribution in [-0.2, 0) is 109 Å². The number of alkyl carbamates (subject to hydrolysis) is 1. The van der Waals surface area contributed by atoms with Crippen LogP contribution in [0.2, 0.25) is 0 Å². The van der Waals surface area contributed by atoms with Gasteiger partial charge in [0.1, 0.15) is 73.1 Å². The summed E-state index contributed by atoms with van der Waals surface area (Å²) in [6.07, 6.45) is -11.1. The summed E-state index contributed by atoms with van der Waals surface area (Å²) >= 11 is 0. The van der Waals surface area contributed by atoms with E-state index in [4.69, 9.17) is 26.7 Å². The number of anilines is 1. The van der Waals surface area contributed by atoms with Gasteiger partial charge in [0.15, 0.2) is 5.78 Å². The number of hydrogen-bond acceptors (Lipinski definition) is 25. The highest BCUT2D eigenvalue weighted by molar-refractivity contribution is 6.05. The number of para-hydroxylation sites is 1. The molecule has 1 heterocycles. The number of primary amides is 1. The second kappa shape index (κ2) is 44.8. The SMILES string of the molecule is C[C@H](CC(=O)O)[C@@H]1NC(=O)[C@@H](CO)NC(=O)CNC(=O)[C@H](CC(=O)O)NC(=O)[C@@H](C)NC(=O)[C@H](CC(=O)O)NC(=O)[C@H](CCCNC(=O)OCc2ccccc2)NC(=O)CNC(=O)[C@@H](NC(=O)[C@H](CC(=O)O)NC(=O)[C@@H](CC(N)=O)NC(=O)[C@@H](N)Cc2ccccc2)[C@@H](C)OC(=O)[C@H](CC(=O)c2ccccc2N)NC1=O. The van der Waals surface area contributed by atoms with Crippen molar-refractivity contribution in [3.05, 3.63) is 102 Å². The van der Waals surface area contributed by atoms with Crippen LogP contribution in [0.15, 0.2) is 84.9 Å². The lowest BCUT2D eigenvalue weighted by Gasteiger charge is -2.30. The Balaban J connectivity index is 1.90. The Morgan fingerprint density at radius 1 is 0.550 bits per heavy atom. The van der Waals surface area contributed by atoms with Crippen molar-refractivity contribution in [1.82, 2.24) is 69.1 Å². The van der Waals surface area contributed by atoms with Crippen molar-refractivity contribution in [3.63, 3.8) is 0 Å². The van der Waals surface area contributed by atoms with Gasteiger partial charge in [0, 0.05) is 24.2 Å². The zero-order valence-electron chi connectivity index (χ0n) is 59.9. The predicted octanol–water partition coefficient (Wildman–Crippen LogP) is -7.43. The van der Waals surface area contributed by atoms with Crippen LogP contribution in [0.5, 0.6) is 0 Å². The number of ketones is 1. The fraction of sp³-hybridized carbons (Fsp3) is 0.441. The molecule has 43 heteroatoms. The maximum atomic E-state index is 14.8. The normalized spacial score (nSPS) is 21.4. The molecular weight excluding hydrogens is 1470 g/mol. The molecule has 43 nitrogen and oxygen atoms in total. The molecule has 4 rings (SSSR count). The number of amides is 14. The zero-order valence-corrected chi connectivity index (χ0v) is 59.9. The number of aliphatic hydroxyl groups excluding tert-OH is 1. The lowest BCUT2D eigenvalue weighted by molar-refractivity contribution is -0.156. The second-order valence-electron chi connectivity index (χ2n) is 25.2. The predicted molar refractivity (Wildman–Crippen MR) is 377 cm³/mol. The third kappa shape index (κ3) is 31.6. The number of cyclic esters (lactones) is 1. The molecule has 0 saturated carbocycles. The minimum absolute atomic E-state index is 0.118. The van der Waals surface area contributed by atoms with Crippen molar-refractivity contribution in [1.29, 1.82) is 0 Å². The number of benzene rings is 3. The van der Waals surface area contributed by atoms with Crippen LogP contribution in [0.25, 0.3) is 0 Å². The summed E-state index contributed by atoms with van der Waals surface area (Å²) in [4.78, 5) is 270. The molecule has 602 valence electrons. The summed E-state index contributed by atoms with van der Waals surface area (Å²) in [5.74, 6) is -29.5. The summed E-state index contributed by atoms with van der Waals surface area (Å²) in [5, 5.41) is 77.3. The van der Waals surface area contributed by atoms with Gasteiger partial charge in [-0.05, 0) is 62.3 Å². The number of carbonyl (C=O) groups excluding carboxylic acids is 16. The number of ether oxygens (including phenoxy) is 2. The third-order valence-corrected chi connectivity index (χ3v) is 16.2. The van der Waals surface area contributed by atoms with Gasteiger partial charge >= 0.3 is 35.9 Å². The molecule has 0 aromatic heterocycles. The Labute approximate surface area is 630 Å². The van der Waals surface area contributed by atoms with Crippen LogP contribution in [-0.4, -0.2) is 243 Å². The molecule has 14 amide bonds. The molecular formula is C68H88N16O27. The quantitative estimate of drug-likeness (QED) is 0.0133. The van der Waals surface area contributed by atoms with E-state index in [1.54, 1.807) is 60.7 Å². The fourth-order valence-electron chi connectivity index (χ4n) is 10.4. The topological polar surface area (TPSA) is 695 Å². The zero-order chi connectivity index (χ0) is 82.8. The number of hydrogen-bond donors (Lipinski definition) is 21. The van der Waals surface area contributed by atoms with E-state index < -0.39 is 262 Å². The van der Waals surface area contributed by atoms with Crippen LogP contribution in [0.3, 0.4) is 0 Å². The van der Waals surface area contributed by atoms with Crippen molar-refractivity contribution in [2.24, 2.45) is 17.4 Å². The molecule has 3 aromatic carbocycles. The van der Waals surface area contributed by atoms with Crippen LogP contribution in [0.4, 0.5) is 10.5 Å². The first-order valence-corrected chi connectivity index (χ1v) is 34.0. The van der Waals surface area contributed by atoms with Crippen LogP contribution < -0.4 is 86.3 Å². The van der Waals surface area contributed by atoms with Gasteiger partial charge in [-0.25, -0.2) is 9.59 Å². The van der Waals surface area contributed by atoms with E-state index in [1.807, 2.05) is 21.3 Å². The number of rotatable bonds is 29. The number of nitrogens with one attached hydrogen (secondary N) is 13. The lowest BCUT2D eigenvalue weighted by Crippen LogP contribution is -2.61. The minimum atomic E-state index is -2.46. The van der Waals surface area contributed by atoms with Crippen LogP contribution >= 0.6 is 0 Å². The van der Waals surface area contributed by atoms with Gasteiger partial charge in [-0.15, -0.1) is 0 Å². The number of nitrogen functional groups attached to an aromatic ring is 1. The fourth-order valence-corrected chi connectivity index (χ4v) is 10.4. The third-order valence-electron chi connectivity index (χ3n) is 16.2. The van der Waals surface area contributed by atoms with Gasteiger partial charge in [-0.1, -0.05) is 79.7 Å². The number of carboxylic acids is 4. The number of aliphatic carboxylic acids is 4. The van der Waals surface area contributed by atoms with Gasteiger partial charge < -0.3 is 121 Å². The molecule has 3 aromatic rings. The highest BCUT2D eigenvalue weighted by atomic mass is 16.6. The molecule has 1 saturated heterocycles. The maximum absolute atomic E-state index is 14.8. The van der Waals surface area contributed by atoms with E-state index in [2.05, 4.69) is 47.9 Å². The molecule has 13 atom stereocenters. The first-order valence-electron chi connectivity index (χ1n) is 34.0. The minimum Gasteiger partial charge on any atom is -0.481 e. The molecule has 1 aliphatic rings. The molecule has 111 heavy (non-hydrogen) atoms. The number of carboxylic acid groups (broad SMARTS) is 4. The van der Waals surface area contributed by atoms with Crippen molar-refractivity contribution < 1.29 is 131 Å². The summed E-state index contributed by atoms with van der Waals surface area (Å²) in [7, 11) is 0. The van der Waals surface area contributed by atoms with E-state index in [1.165, 1.54) is 24.3 Å². The Hall–Kier alpha value is -13.2. The summed E-state index contributed by atoms with van der Waals surface area (Å²) < 4.78 is 10.8. The molecule has 0 spiro atoms. The summed E-state index contributed by atoms with van der Waals surface area (Å²) in [6.45, 7) is -1.41. The number of esters is 1. The molecule has 1 aliphatic heterocycles. The number of nitrogens with two attached hydrogens (primary N) is 3. The average Bonchev–Trinajstić information content (AvgIpc) is 0.855. The van der Waals surface area contributed by atoms with Gasteiger partial charge in [-0.2, -0.15) is 0 Å². The first-order chi connectivity index (χ1) is 52.3. The Morgan fingerprint density at radius 2 is 1.06 bits per heavy atom. The largest absolute Gasteiger partial charge is 0.481 e. The maximum Gasteiger partial charge on any atom is 0.407 e. The molecule has 0 bridgehead atoms. The van der Waals surface area contributed by atoms with E-state index in [0.29, 0.717) is 11.1 Å². The molecule has 0 aliphatic carbocycles. The monoisotopic (exact) mass is 1560 g/mol. The number of carbonyl (C=O) groups is 20. The van der Waals surface area contributed by atoms with Crippen molar-refractivity contribution in [2.75, 3.05) is 32.0 Å². The van der Waals surface area contributed by atoms with E-state index in [9.17, 15) is 121 Å². The molecule has 24 N–H and O–H groups in total. The standard InChI is InChI=1S/C68H88N16O27/c1-32(21-51(90)91)55-66(107)82-45(23-47(86)37-17-10-11-18-38(37)69)67(108)111-34(3)56(84-63(104)44(27-54(96)97)81-62(103)41(24-48(71)87)79-58(99)39(70)22-35-13-6-4-7-14-35)65(106)74-29-49(88)76-40(19-12-20-72-68(109)110-31-36-15-8-5-9-16-36)60(101)80-43(26-53(94)95)61(102)75-33(2)57(98)78-42(25-52(92)93)59(100)73-28-50(89)77-46(30-85)64(105)83-55/h4-11,13-18,32-34,39-46,55-56,85H,12,19-31,69-70H2,1-3H3,(H2,71,87)(H,72,109)(H,73,100)(H,74,106)(H,75,102)(H,76,88)(H,77,89)(H,78,98)(H,79,99)(H,80,101)(H,81,103)(H,82,107)(H,83,105)(H,84,104)(H,90,91)(H,92,93)(H,94,95)(H,96,97)/t32-,33-,34-,39+,40+,41-,42+,43+,44+,45+,46-,55+,56+/m1/s1. The van der Waals surface area contributed by atoms with E-state index >= 15 is 0 Å². The van der Waals surface area contributed by atoms with Crippen molar-refractivity contribution in [3.8, 4) is 0 Å². The Kier molecular flexibility index (Phi) is 36.4. The molecule has 0 radical (unpaired) electrons. The van der Waals surface area contributed by atoms with Crippen LogP contribution in [0.1, 0.15) is 93.6 Å². The van der Waals surface area contributed by atoms with Crippen LogP contribution in [0, 0.1) is 5.92 Å². The molecule has 1 fully saturated rings. The highest BCUT2D eigenvalue weighted by Crippen LogP contribution is 2.18. The van der Waals surface area contributed by atoms with Gasteiger partial charge in [0.2, 0.25) is 76.8 Å². The average molecular weight is 1560 g/mol. The van der Waals surface area contributed by atoms with Gasteiger partial charge in [0.05, 0.1) is 57.8 Å². The van der Waals surface area contributed by atoms with E-state index in [0.717, 1.165) is 20.8 Å². The van der Waals surface area contributed by atoms with Crippen molar-refractivity contribution in [2.45, 2.75) is 158 Å². The smallest absolute Gasteiger partial charge is 0.407 e. The first kappa shape index (κ1) is 90.2. The summed E-state index contributed by atoms with van der Waals surface area (Å²) in [6, 6.07) is -1.10. The van der Waals surface area contributed by atoms with Crippen molar-refractivity contribution >= 4 is 124 Å². The Bertz CT molecular complexity index is 3930. The van der Waals surface area contributed by atoms with Gasteiger partial charge in [-0.3, -0.25) is 86.3 Å². The highest BCUT2D eigenvalue weighted by Gasteiger charge is 2.41. The second-order valence-corrected chi connectivity index (χ2v) is 25.2. The van der Waals surface area contributed by atoms with E-state index in [-0.39, 0.29) is 37.2 Å².